The van der Waals surface area contributed by atoms with E-state index in [9.17, 15) is 14.7 Å². The Morgan fingerprint density at radius 3 is 2.30 bits per heavy atom. The van der Waals surface area contributed by atoms with Gasteiger partial charge in [0, 0.05) is 24.5 Å². The topological polar surface area (TPSA) is 120 Å². The van der Waals surface area contributed by atoms with Gasteiger partial charge in [-0.1, -0.05) is 24.3 Å². The van der Waals surface area contributed by atoms with Gasteiger partial charge in [-0.15, -0.1) is 0 Å². The smallest absolute Gasteiger partial charge is 0.328 e. The van der Waals surface area contributed by atoms with Gasteiger partial charge in [0.25, 0.3) is 5.91 Å². The minimum Gasteiger partial charge on any atom is -0.503 e. The van der Waals surface area contributed by atoms with Crippen LogP contribution in [0.25, 0.3) is 11.1 Å². The minimum absolute atomic E-state index is 0.104. The summed E-state index contributed by atoms with van der Waals surface area (Å²) in [6, 6.07) is 11.7. The van der Waals surface area contributed by atoms with Gasteiger partial charge >= 0.3 is 5.97 Å². The van der Waals surface area contributed by atoms with E-state index in [1.165, 1.54) is 26.3 Å². The number of amides is 1. The molecule has 1 aromatic carbocycles. The second-order valence-electron chi connectivity index (χ2n) is 7.19. The Balaban J connectivity index is 1.62. The molecule has 0 fully saturated rings. The first-order valence-corrected chi connectivity index (χ1v) is 10.2. The van der Waals surface area contributed by atoms with Crippen molar-refractivity contribution < 1.29 is 28.9 Å². The summed E-state index contributed by atoms with van der Waals surface area (Å²) < 4.78 is 15.6. The van der Waals surface area contributed by atoms with Gasteiger partial charge < -0.3 is 24.6 Å². The number of nitrogens with zero attached hydrogens (tertiary/aromatic N) is 2. The lowest BCUT2D eigenvalue weighted by Crippen LogP contribution is -2.40. The fourth-order valence-electron chi connectivity index (χ4n) is 3.08. The Hall–Kier alpha value is -4.14. The van der Waals surface area contributed by atoms with Gasteiger partial charge in [0.2, 0.25) is 5.88 Å². The van der Waals surface area contributed by atoms with Crippen LogP contribution in [0, 0.1) is 0 Å². The summed E-state index contributed by atoms with van der Waals surface area (Å²) in [6.07, 6.45) is 2.45. The Kier molecular flexibility index (Phi) is 7.45. The van der Waals surface area contributed by atoms with E-state index in [2.05, 4.69) is 15.3 Å². The van der Waals surface area contributed by atoms with Crippen LogP contribution in [0.5, 0.6) is 17.4 Å². The maximum absolute atomic E-state index is 12.5. The molecule has 3 rings (SSSR count). The van der Waals surface area contributed by atoms with E-state index < -0.39 is 29.8 Å². The molecule has 0 aliphatic carbocycles. The van der Waals surface area contributed by atoms with Crippen LogP contribution in [-0.4, -0.2) is 47.2 Å². The predicted molar refractivity (Wildman–Crippen MR) is 120 cm³/mol. The first-order valence-electron chi connectivity index (χ1n) is 10.2. The molecule has 2 aromatic heterocycles. The SMILES string of the molecule is COc1cc(-c2ccc([C@H](C)OC(=O)[C@H](C)NC(=O)c3nccc(OC)c3O)cc2)ccn1. The molecule has 9 heteroatoms. The van der Waals surface area contributed by atoms with Gasteiger partial charge in [0.15, 0.2) is 17.2 Å². The van der Waals surface area contributed by atoms with Crippen molar-refractivity contribution in [1.82, 2.24) is 15.3 Å². The van der Waals surface area contributed by atoms with E-state index in [0.29, 0.717) is 5.88 Å². The lowest BCUT2D eigenvalue weighted by Gasteiger charge is -2.18. The van der Waals surface area contributed by atoms with Crippen LogP contribution in [0.3, 0.4) is 0 Å². The highest BCUT2D eigenvalue weighted by Crippen LogP contribution is 2.28. The molecule has 0 aliphatic heterocycles. The number of hydrogen-bond donors (Lipinski definition) is 2. The lowest BCUT2D eigenvalue weighted by atomic mass is 10.0. The van der Waals surface area contributed by atoms with Crippen molar-refractivity contribution in [2.45, 2.75) is 26.0 Å². The third kappa shape index (κ3) is 5.57. The number of nitrogens with one attached hydrogen (secondary N) is 1. The molecule has 0 unspecified atom stereocenters. The first kappa shape index (κ1) is 23.5. The molecule has 1 amide bonds. The quantitative estimate of drug-likeness (QED) is 0.501. The van der Waals surface area contributed by atoms with Crippen molar-refractivity contribution >= 4 is 11.9 Å². The number of benzene rings is 1. The van der Waals surface area contributed by atoms with Gasteiger partial charge in [0.1, 0.15) is 12.1 Å². The molecule has 0 spiro atoms. The monoisotopic (exact) mass is 451 g/mol. The van der Waals surface area contributed by atoms with E-state index >= 15 is 0 Å². The summed E-state index contributed by atoms with van der Waals surface area (Å²) in [5, 5.41) is 12.5. The number of methoxy groups -OCH3 is 2. The van der Waals surface area contributed by atoms with Crippen LogP contribution in [0.1, 0.15) is 36.0 Å². The number of ether oxygens (including phenoxy) is 3. The zero-order chi connectivity index (χ0) is 24.0. The van der Waals surface area contributed by atoms with Crippen molar-refractivity contribution in [3.05, 3.63) is 66.1 Å². The van der Waals surface area contributed by atoms with Crippen molar-refractivity contribution in [1.29, 1.82) is 0 Å². The average molecular weight is 451 g/mol. The van der Waals surface area contributed by atoms with Crippen LogP contribution < -0.4 is 14.8 Å². The van der Waals surface area contributed by atoms with E-state index in [1.54, 1.807) is 20.2 Å². The minimum atomic E-state index is -0.962. The molecule has 2 heterocycles. The lowest BCUT2D eigenvalue weighted by molar-refractivity contribution is -0.150. The number of hydrogen-bond acceptors (Lipinski definition) is 8. The van der Waals surface area contributed by atoms with Gasteiger partial charge in [-0.05, 0) is 36.6 Å². The number of aromatic nitrogens is 2. The first-order chi connectivity index (χ1) is 15.8. The Labute approximate surface area is 191 Å². The molecule has 3 aromatic rings. The normalized spacial score (nSPS) is 12.4. The van der Waals surface area contributed by atoms with Crippen molar-refractivity contribution in [3.63, 3.8) is 0 Å². The highest BCUT2D eigenvalue weighted by Gasteiger charge is 2.24. The van der Waals surface area contributed by atoms with E-state index in [0.717, 1.165) is 16.7 Å². The molecule has 2 atom stereocenters. The second-order valence-corrected chi connectivity index (χ2v) is 7.19. The summed E-state index contributed by atoms with van der Waals surface area (Å²) in [6.45, 7) is 3.23. The Bertz CT molecular complexity index is 1130. The van der Waals surface area contributed by atoms with Crippen molar-refractivity contribution in [3.8, 4) is 28.5 Å². The van der Waals surface area contributed by atoms with E-state index in [1.807, 2.05) is 36.4 Å². The summed E-state index contributed by atoms with van der Waals surface area (Å²) in [5.74, 6) is -1.12. The van der Waals surface area contributed by atoms with Crippen molar-refractivity contribution in [2.24, 2.45) is 0 Å². The Morgan fingerprint density at radius 2 is 1.64 bits per heavy atom. The predicted octanol–water partition coefficient (Wildman–Crippen LogP) is 3.29. The number of carbonyl (C=O) groups is 2. The highest BCUT2D eigenvalue weighted by molar-refractivity contribution is 5.97. The van der Waals surface area contributed by atoms with Gasteiger partial charge in [-0.2, -0.15) is 0 Å². The zero-order valence-electron chi connectivity index (χ0n) is 18.7. The maximum Gasteiger partial charge on any atom is 0.328 e. The maximum atomic E-state index is 12.5. The van der Waals surface area contributed by atoms with Crippen LogP contribution in [0.4, 0.5) is 0 Å². The summed E-state index contributed by atoms with van der Waals surface area (Å²) >= 11 is 0. The van der Waals surface area contributed by atoms with E-state index in [-0.39, 0.29) is 11.4 Å². The number of pyridine rings is 2. The van der Waals surface area contributed by atoms with Crippen LogP contribution in [0.15, 0.2) is 54.9 Å². The Morgan fingerprint density at radius 1 is 0.939 bits per heavy atom. The summed E-state index contributed by atoms with van der Waals surface area (Å²) in [5.41, 5.74) is 2.46. The average Bonchev–Trinajstić information content (AvgIpc) is 2.84. The highest BCUT2D eigenvalue weighted by atomic mass is 16.5. The van der Waals surface area contributed by atoms with Gasteiger partial charge in [-0.25, -0.2) is 14.8 Å². The molecule has 0 radical (unpaired) electrons. The molecule has 0 aliphatic rings. The third-order valence-corrected chi connectivity index (χ3v) is 4.97. The number of rotatable bonds is 8. The fourth-order valence-corrected chi connectivity index (χ4v) is 3.08. The number of aromatic hydroxyl groups is 1. The van der Waals surface area contributed by atoms with E-state index in [4.69, 9.17) is 14.2 Å². The number of esters is 1. The van der Waals surface area contributed by atoms with Crippen LogP contribution in [-0.2, 0) is 9.53 Å². The van der Waals surface area contributed by atoms with Gasteiger partial charge in [0.05, 0.1) is 14.2 Å². The molecule has 9 nitrogen and oxygen atoms in total. The van der Waals surface area contributed by atoms with Crippen LogP contribution >= 0.6 is 0 Å². The molecule has 2 N–H and O–H groups in total. The molecule has 0 saturated heterocycles. The van der Waals surface area contributed by atoms with Crippen LogP contribution in [0.2, 0.25) is 0 Å². The summed E-state index contributed by atoms with van der Waals surface area (Å²) in [4.78, 5) is 32.9. The second kappa shape index (κ2) is 10.4. The molecule has 0 bridgehead atoms. The standard InChI is InChI=1S/C24H25N3O6/c1-14(27-23(29)21-22(28)19(31-3)10-12-26-21)24(30)33-15(2)16-5-7-17(8-6-16)18-9-11-25-20(13-18)32-4/h5-15,28H,1-4H3,(H,27,29)/t14-,15-/m0/s1. The molecular weight excluding hydrogens is 426 g/mol. The fraction of sp³-hybridized carbons (Fsp3) is 0.250. The molecule has 172 valence electrons. The van der Waals surface area contributed by atoms with Gasteiger partial charge in [-0.3, -0.25) is 4.79 Å². The summed E-state index contributed by atoms with van der Waals surface area (Å²) in [7, 11) is 2.92. The molecule has 0 saturated carbocycles. The number of carbonyl (C=O) groups excluding carboxylic acids is 2. The zero-order valence-corrected chi connectivity index (χ0v) is 18.7. The van der Waals surface area contributed by atoms with Crippen molar-refractivity contribution in [2.75, 3.05) is 14.2 Å². The molecule has 33 heavy (non-hydrogen) atoms. The third-order valence-electron chi connectivity index (χ3n) is 4.97. The largest absolute Gasteiger partial charge is 0.503 e. The molecular formula is C24H25N3O6.